The van der Waals surface area contributed by atoms with E-state index in [1.165, 1.54) is 0 Å². The van der Waals surface area contributed by atoms with Crippen LogP contribution in [0.3, 0.4) is 0 Å². The molecule has 0 fully saturated rings. The van der Waals surface area contributed by atoms with Crippen molar-refractivity contribution in [1.29, 1.82) is 0 Å². The van der Waals surface area contributed by atoms with Gasteiger partial charge in [0.15, 0.2) is 10.1 Å². The SMILES string of the molecule is O=[N+]([O-])Nc1ccc(CCCOCCCc2ccc(N[N+](=O)[O-])cc2)cc1. The molecule has 0 aliphatic heterocycles. The number of nitrogens with zero attached hydrogens (tertiary/aromatic N) is 2. The van der Waals surface area contributed by atoms with Gasteiger partial charge in [-0.3, -0.25) is 0 Å². The van der Waals surface area contributed by atoms with E-state index in [1.807, 2.05) is 24.3 Å². The van der Waals surface area contributed by atoms with Crippen LogP contribution < -0.4 is 10.9 Å². The van der Waals surface area contributed by atoms with E-state index in [0.29, 0.717) is 24.6 Å². The topological polar surface area (TPSA) is 120 Å². The summed E-state index contributed by atoms with van der Waals surface area (Å²) in [5, 5.41) is 19.5. The Labute approximate surface area is 156 Å². The number of nitro groups is 2. The van der Waals surface area contributed by atoms with Crippen molar-refractivity contribution in [1.82, 2.24) is 0 Å². The van der Waals surface area contributed by atoms with E-state index >= 15 is 0 Å². The molecule has 9 nitrogen and oxygen atoms in total. The average Bonchev–Trinajstić information content (AvgIpc) is 2.63. The first-order valence-electron chi connectivity index (χ1n) is 8.60. The average molecular weight is 374 g/mol. The van der Waals surface area contributed by atoms with E-state index in [2.05, 4.69) is 10.9 Å². The summed E-state index contributed by atoms with van der Waals surface area (Å²) in [5.41, 5.74) is 7.36. The lowest BCUT2D eigenvalue weighted by Gasteiger charge is -2.06. The number of anilines is 2. The van der Waals surface area contributed by atoms with E-state index in [9.17, 15) is 20.2 Å². The zero-order valence-corrected chi connectivity index (χ0v) is 14.8. The molecular weight excluding hydrogens is 352 g/mol. The minimum atomic E-state index is -0.583. The largest absolute Gasteiger partial charge is 0.381 e. The summed E-state index contributed by atoms with van der Waals surface area (Å²) < 4.78 is 5.63. The van der Waals surface area contributed by atoms with Gasteiger partial charge < -0.3 is 4.74 Å². The number of aryl methyl sites for hydroxylation is 2. The zero-order valence-electron chi connectivity index (χ0n) is 14.8. The Kier molecular flexibility index (Phi) is 7.98. The first-order valence-corrected chi connectivity index (χ1v) is 8.60. The molecule has 0 saturated heterocycles. The molecule has 2 aromatic rings. The quantitative estimate of drug-likeness (QED) is 0.331. The minimum absolute atomic E-state index is 0.460. The van der Waals surface area contributed by atoms with Gasteiger partial charge in [0.25, 0.3) is 0 Å². The molecule has 0 aliphatic carbocycles. The van der Waals surface area contributed by atoms with Gasteiger partial charge in [0.05, 0.1) is 0 Å². The fourth-order valence-corrected chi connectivity index (χ4v) is 2.56. The molecule has 2 rings (SSSR count). The molecule has 0 aliphatic rings. The summed E-state index contributed by atoms with van der Waals surface area (Å²) in [5.74, 6) is 0. The van der Waals surface area contributed by atoms with Crippen LogP contribution in [0.15, 0.2) is 48.5 Å². The predicted octanol–water partition coefficient (Wildman–Crippen LogP) is 3.48. The van der Waals surface area contributed by atoms with Gasteiger partial charge in [-0.2, -0.15) is 0 Å². The van der Waals surface area contributed by atoms with Crippen LogP contribution >= 0.6 is 0 Å². The van der Waals surface area contributed by atoms with Crippen LogP contribution in [0, 0.1) is 20.2 Å². The summed E-state index contributed by atoms with van der Waals surface area (Å²) in [4.78, 5) is 20.7. The van der Waals surface area contributed by atoms with Crippen molar-refractivity contribution >= 4 is 11.4 Å². The van der Waals surface area contributed by atoms with Crippen molar-refractivity contribution in [2.75, 3.05) is 24.1 Å². The number of benzene rings is 2. The molecule has 0 heterocycles. The number of rotatable bonds is 12. The Bertz CT molecular complexity index is 671. The van der Waals surface area contributed by atoms with E-state index in [4.69, 9.17) is 4.74 Å². The second kappa shape index (κ2) is 10.7. The third kappa shape index (κ3) is 8.15. The first kappa shape index (κ1) is 20.1. The van der Waals surface area contributed by atoms with Crippen LogP contribution in [-0.2, 0) is 17.6 Å². The first-order chi connectivity index (χ1) is 13.0. The zero-order chi connectivity index (χ0) is 19.5. The highest BCUT2D eigenvalue weighted by Crippen LogP contribution is 2.12. The smallest absolute Gasteiger partial charge is 0.162 e. The molecule has 144 valence electrons. The van der Waals surface area contributed by atoms with Crippen LogP contribution in [0.4, 0.5) is 11.4 Å². The molecule has 0 atom stereocenters. The fraction of sp³-hybridized carbons (Fsp3) is 0.333. The highest BCUT2D eigenvalue weighted by atomic mass is 16.7. The van der Waals surface area contributed by atoms with Crippen molar-refractivity contribution in [2.24, 2.45) is 0 Å². The maximum atomic E-state index is 10.3. The van der Waals surface area contributed by atoms with Crippen LogP contribution in [0.5, 0.6) is 0 Å². The lowest BCUT2D eigenvalue weighted by Crippen LogP contribution is -2.07. The van der Waals surface area contributed by atoms with Gasteiger partial charge in [0.2, 0.25) is 0 Å². The maximum Gasteiger partial charge on any atom is 0.162 e. The molecule has 2 N–H and O–H groups in total. The molecule has 0 unspecified atom stereocenters. The Morgan fingerprint density at radius 2 is 1.07 bits per heavy atom. The fourth-order valence-electron chi connectivity index (χ4n) is 2.56. The van der Waals surface area contributed by atoms with Crippen molar-refractivity contribution in [3.05, 3.63) is 79.9 Å². The van der Waals surface area contributed by atoms with E-state index in [0.717, 1.165) is 36.8 Å². The Balaban J connectivity index is 1.55. The van der Waals surface area contributed by atoms with Crippen molar-refractivity contribution in [3.63, 3.8) is 0 Å². The molecule has 0 spiro atoms. The Morgan fingerprint density at radius 3 is 1.41 bits per heavy atom. The number of hydrogen-bond acceptors (Lipinski definition) is 5. The van der Waals surface area contributed by atoms with Crippen molar-refractivity contribution in [3.8, 4) is 0 Å². The third-order valence-electron chi connectivity index (χ3n) is 3.86. The maximum absolute atomic E-state index is 10.3. The Hall–Kier alpha value is -3.20. The van der Waals surface area contributed by atoms with Crippen molar-refractivity contribution in [2.45, 2.75) is 25.7 Å². The minimum Gasteiger partial charge on any atom is -0.381 e. The van der Waals surface area contributed by atoms with Crippen molar-refractivity contribution < 1.29 is 14.8 Å². The molecule has 0 aromatic heterocycles. The van der Waals surface area contributed by atoms with E-state index in [-0.39, 0.29) is 0 Å². The number of hydrogen-bond donors (Lipinski definition) is 2. The number of nitrogens with one attached hydrogen (secondary N) is 2. The van der Waals surface area contributed by atoms with Gasteiger partial charge in [-0.25, -0.2) is 20.2 Å². The van der Waals surface area contributed by atoms with E-state index < -0.39 is 10.1 Å². The molecule has 0 radical (unpaired) electrons. The molecule has 9 heteroatoms. The molecule has 0 saturated carbocycles. The lowest BCUT2D eigenvalue weighted by atomic mass is 10.1. The predicted molar refractivity (Wildman–Crippen MR) is 102 cm³/mol. The number of ether oxygens (including phenoxy) is 1. The van der Waals surface area contributed by atoms with Gasteiger partial charge >= 0.3 is 0 Å². The van der Waals surface area contributed by atoms with Crippen LogP contribution in [0.2, 0.25) is 0 Å². The monoisotopic (exact) mass is 374 g/mol. The summed E-state index contributed by atoms with van der Waals surface area (Å²) in [7, 11) is 0. The molecule has 27 heavy (non-hydrogen) atoms. The standard InChI is InChI=1S/C18H22N4O5/c23-21(24)19-17-9-5-15(6-10-17)3-1-13-27-14-2-4-16-7-11-18(12-8-16)20-22(25)26/h5-12,19-20H,1-4,13-14H2. The third-order valence-corrected chi connectivity index (χ3v) is 3.86. The molecule has 0 amide bonds. The highest BCUT2D eigenvalue weighted by molar-refractivity contribution is 5.43. The Morgan fingerprint density at radius 1 is 0.704 bits per heavy atom. The summed E-state index contributed by atoms with van der Waals surface area (Å²) in [6.45, 7) is 1.31. The second-order valence-corrected chi connectivity index (χ2v) is 5.95. The summed E-state index contributed by atoms with van der Waals surface area (Å²) in [6.07, 6.45) is 3.46. The van der Waals surface area contributed by atoms with Crippen LogP contribution in [0.1, 0.15) is 24.0 Å². The van der Waals surface area contributed by atoms with Gasteiger partial charge in [0.1, 0.15) is 11.4 Å². The molecule has 0 bridgehead atoms. The molecular formula is C18H22N4O5. The van der Waals surface area contributed by atoms with Crippen LogP contribution in [-0.4, -0.2) is 23.3 Å². The highest BCUT2D eigenvalue weighted by Gasteiger charge is 2.01. The van der Waals surface area contributed by atoms with Gasteiger partial charge in [0, 0.05) is 13.2 Å². The van der Waals surface area contributed by atoms with Gasteiger partial charge in [-0.1, -0.05) is 24.3 Å². The summed E-state index contributed by atoms with van der Waals surface area (Å²) in [6, 6.07) is 14.2. The van der Waals surface area contributed by atoms with Gasteiger partial charge in [-0.15, -0.1) is 10.9 Å². The van der Waals surface area contributed by atoms with E-state index in [1.54, 1.807) is 24.3 Å². The number of hydrazine groups is 2. The lowest BCUT2D eigenvalue weighted by molar-refractivity contribution is -0.445. The van der Waals surface area contributed by atoms with Crippen LogP contribution in [0.25, 0.3) is 0 Å². The van der Waals surface area contributed by atoms with Gasteiger partial charge in [-0.05, 0) is 61.1 Å². The molecule has 2 aromatic carbocycles. The second-order valence-electron chi connectivity index (χ2n) is 5.95. The normalized spacial score (nSPS) is 10.4. The summed E-state index contributed by atoms with van der Waals surface area (Å²) >= 11 is 0.